The van der Waals surface area contributed by atoms with Gasteiger partial charge in [0.25, 0.3) is 5.91 Å². The fourth-order valence-electron chi connectivity index (χ4n) is 2.75. The lowest BCUT2D eigenvalue weighted by molar-refractivity contribution is -0.127. The van der Waals surface area contributed by atoms with E-state index in [9.17, 15) is 4.79 Å². The van der Waals surface area contributed by atoms with E-state index in [1.165, 1.54) is 5.56 Å². The molecule has 0 bridgehead atoms. The summed E-state index contributed by atoms with van der Waals surface area (Å²) in [7, 11) is 0. The highest BCUT2D eigenvalue weighted by atomic mass is 35.5. The number of nitrogens with one attached hydrogen (secondary N) is 1. The predicted molar refractivity (Wildman–Crippen MR) is 101 cm³/mol. The first-order valence-corrected chi connectivity index (χ1v) is 8.86. The highest BCUT2D eigenvalue weighted by molar-refractivity contribution is 6.35. The Bertz CT molecular complexity index is 821. The average Bonchev–Trinajstić information content (AvgIpc) is 2.61. The molecule has 0 heterocycles. The molecule has 25 heavy (non-hydrogen) atoms. The minimum Gasteiger partial charge on any atom is -0.479 e. The number of amides is 1. The summed E-state index contributed by atoms with van der Waals surface area (Å²) in [5, 5.41) is 5.18. The van der Waals surface area contributed by atoms with Gasteiger partial charge in [-0.2, -0.15) is 5.10 Å². The van der Waals surface area contributed by atoms with Crippen molar-refractivity contribution in [2.45, 2.75) is 32.3 Å². The van der Waals surface area contributed by atoms with Crippen LogP contribution in [0.5, 0.6) is 5.75 Å². The number of aryl methyl sites for hydroxylation is 1. The molecular weight excluding hydrogens is 359 g/mol. The third-order valence-corrected chi connectivity index (χ3v) is 4.59. The van der Waals surface area contributed by atoms with Gasteiger partial charge < -0.3 is 4.74 Å². The Morgan fingerprint density at radius 1 is 1.20 bits per heavy atom. The molecule has 1 amide bonds. The number of benzene rings is 2. The van der Waals surface area contributed by atoms with Gasteiger partial charge >= 0.3 is 0 Å². The molecule has 1 aliphatic carbocycles. The van der Waals surface area contributed by atoms with Crippen LogP contribution in [0, 0.1) is 0 Å². The van der Waals surface area contributed by atoms with Crippen LogP contribution in [-0.2, 0) is 11.2 Å². The Morgan fingerprint density at radius 2 is 2.00 bits per heavy atom. The van der Waals surface area contributed by atoms with Gasteiger partial charge in [-0.1, -0.05) is 47.5 Å². The molecule has 0 spiro atoms. The Hall–Kier alpha value is -2.04. The van der Waals surface area contributed by atoms with Crippen LogP contribution in [0.4, 0.5) is 0 Å². The van der Waals surface area contributed by atoms with Gasteiger partial charge in [-0.15, -0.1) is 0 Å². The van der Waals surface area contributed by atoms with Gasteiger partial charge in [-0.05, 0) is 49.9 Å². The van der Waals surface area contributed by atoms with Crippen LogP contribution in [0.3, 0.4) is 0 Å². The molecule has 0 aliphatic heterocycles. The van der Waals surface area contributed by atoms with E-state index < -0.39 is 6.10 Å². The first-order valence-electron chi connectivity index (χ1n) is 8.11. The van der Waals surface area contributed by atoms with Crippen molar-refractivity contribution in [2.24, 2.45) is 5.10 Å². The van der Waals surface area contributed by atoms with Crippen LogP contribution < -0.4 is 10.2 Å². The molecule has 2 aromatic rings. The maximum absolute atomic E-state index is 12.3. The fraction of sp³-hybridized carbons (Fsp3) is 0.263. The molecule has 0 aromatic heterocycles. The van der Waals surface area contributed by atoms with E-state index >= 15 is 0 Å². The van der Waals surface area contributed by atoms with Crippen molar-refractivity contribution in [3.05, 3.63) is 63.6 Å². The normalized spacial score (nSPS) is 16.2. The zero-order chi connectivity index (χ0) is 17.8. The van der Waals surface area contributed by atoms with E-state index in [1.807, 2.05) is 18.2 Å². The summed E-state index contributed by atoms with van der Waals surface area (Å²) in [6, 6.07) is 13.0. The smallest absolute Gasteiger partial charge is 0.280 e. The Morgan fingerprint density at radius 3 is 2.80 bits per heavy atom. The maximum atomic E-state index is 12.3. The van der Waals surface area contributed by atoms with E-state index in [0.29, 0.717) is 15.8 Å². The maximum Gasteiger partial charge on any atom is 0.280 e. The van der Waals surface area contributed by atoms with Crippen molar-refractivity contribution in [3.8, 4) is 5.75 Å². The first-order chi connectivity index (χ1) is 12.0. The van der Waals surface area contributed by atoms with Crippen molar-refractivity contribution in [1.82, 2.24) is 5.43 Å². The number of halogens is 2. The summed E-state index contributed by atoms with van der Waals surface area (Å²) in [6.07, 6.45) is 2.17. The molecule has 4 nitrogen and oxygen atoms in total. The number of rotatable bonds is 4. The van der Waals surface area contributed by atoms with Crippen LogP contribution >= 0.6 is 23.2 Å². The summed E-state index contributed by atoms with van der Waals surface area (Å²) < 4.78 is 5.60. The number of nitrogens with zero attached hydrogens (tertiary/aromatic N) is 1. The second-order valence-corrected chi connectivity index (χ2v) is 6.72. The Balaban J connectivity index is 1.66. The molecule has 0 radical (unpaired) electrons. The first kappa shape index (κ1) is 17.8. The molecule has 130 valence electrons. The number of carbonyl (C=O) groups excluding carboxylic acids is 1. The monoisotopic (exact) mass is 376 g/mol. The molecule has 1 N–H and O–H groups in total. The Kier molecular flexibility index (Phi) is 5.61. The molecule has 1 aliphatic rings. The van der Waals surface area contributed by atoms with Gasteiger partial charge in [0.1, 0.15) is 5.75 Å². The van der Waals surface area contributed by atoms with Gasteiger partial charge in [-0.3, -0.25) is 4.79 Å². The summed E-state index contributed by atoms with van der Waals surface area (Å²) in [6.45, 7) is 1.65. The highest BCUT2D eigenvalue weighted by Crippen LogP contribution is 2.28. The molecular formula is C19H18Cl2N2O2. The van der Waals surface area contributed by atoms with Crippen LogP contribution in [-0.4, -0.2) is 17.7 Å². The summed E-state index contributed by atoms with van der Waals surface area (Å²) in [5.74, 6) is 0.0750. The molecule has 0 saturated heterocycles. The Labute approximate surface area is 156 Å². The molecule has 0 unspecified atom stereocenters. The van der Waals surface area contributed by atoms with E-state index in [0.717, 1.165) is 30.5 Å². The van der Waals surface area contributed by atoms with Crippen LogP contribution in [0.2, 0.25) is 10.0 Å². The van der Waals surface area contributed by atoms with Gasteiger partial charge in [0.05, 0.1) is 10.7 Å². The second kappa shape index (κ2) is 7.89. The van der Waals surface area contributed by atoms with Crippen molar-refractivity contribution >= 4 is 34.8 Å². The average molecular weight is 377 g/mol. The zero-order valence-electron chi connectivity index (χ0n) is 13.8. The predicted octanol–water partition coefficient (Wildman–Crippen LogP) is 4.62. The number of carbonyl (C=O) groups is 1. The molecule has 2 aromatic carbocycles. The third-order valence-electron chi connectivity index (χ3n) is 4.06. The van der Waals surface area contributed by atoms with E-state index in [4.69, 9.17) is 27.9 Å². The fourth-order valence-corrected chi connectivity index (χ4v) is 3.20. The molecule has 3 rings (SSSR count). The number of hydrazone groups is 1. The summed E-state index contributed by atoms with van der Waals surface area (Å²) in [4.78, 5) is 12.3. The third kappa shape index (κ3) is 4.33. The van der Waals surface area contributed by atoms with Gasteiger partial charge in [-0.25, -0.2) is 5.43 Å². The van der Waals surface area contributed by atoms with Gasteiger partial charge in [0.15, 0.2) is 6.10 Å². The minimum atomic E-state index is -0.734. The quantitative estimate of drug-likeness (QED) is 0.791. The van der Waals surface area contributed by atoms with Gasteiger partial charge in [0.2, 0.25) is 0 Å². The number of fused-ring (bicyclic) bond motifs is 1. The largest absolute Gasteiger partial charge is 0.479 e. The summed E-state index contributed by atoms with van der Waals surface area (Å²) in [5.41, 5.74) is 5.86. The van der Waals surface area contributed by atoms with E-state index in [2.05, 4.69) is 16.6 Å². The SMILES string of the molecule is C[C@H](Oc1ccc(Cl)cc1Cl)C(=O)NN=C1CCCc2ccccc21. The standard InChI is InChI=1S/C19H18Cl2N2O2/c1-12(25-18-10-9-14(20)11-16(18)21)19(24)23-22-17-8-4-6-13-5-2-3-7-15(13)17/h2-3,5,7,9-12H,4,6,8H2,1H3,(H,23,24)/t12-/m0/s1. The number of ether oxygens (including phenoxy) is 1. The zero-order valence-corrected chi connectivity index (χ0v) is 15.3. The number of hydrogen-bond donors (Lipinski definition) is 1. The van der Waals surface area contributed by atoms with Crippen molar-refractivity contribution in [2.75, 3.05) is 0 Å². The van der Waals surface area contributed by atoms with Crippen LogP contribution in [0.1, 0.15) is 30.9 Å². The topological polar surface area (TPSA) is 50.7 Å². The van der Waals surface area contributed by atoms with E-state index in [-0.39, 0.29) is 5.91 Å². The summed E-state index contributed by atoms with van der Waals surface area (Å²) >= 11 is 11.9. The van der Waals surface area contributed by atoms with Crippen LogP contribution in [0.25, 0.3) is 0 Å². The highest BCUT2D eigenvalue weighted by Gasteiger charge is 2.18. The lowest BCUT2D eigenvalue weighted by Crippen LogP contribution is -2.34. The van der Waals surface area contributed by atoms with Crippen molar-refractivity contribution in [3.63, 3.8) is 0 Å². The van der Waals surface area contributed by atoms with Crippen LogP contribution in [0.15, 0.2) is 47.6 Å². The van der Waals surface area contributed by atoms with Crippen molar-refractivity contribution < 1.29 is 9.53 Å². The lowest BCUT2D eigenvalue weighted by Gasteiger charge is -2.18. The molecule has 0 fully saturated rings. The van der Waals surface area contributed by atoms with E-state index in [1.54, 1.807) is 25.1 Å². The molecule has 1 atom stereocenters. The minimum absolute atomic E-state index is 0.332. The number of hydrogen-bond acceptors (Lipinski definition) is 3. The van der Waals surface area contributed by atoms with Gasteiger partial charge in [0, 0.05) is 10.6 Å². The second-order valence-electron chi connectivity index (χ2n) is 5.88. The molecule has 6 heteroatoms. The lowest BCUT2D eigenvalue weighted by atomic mass is 9.90. The molecule has 0 saturated carbocycles. The van der Waals surface area contributed by atoms with Crippen molar-refractivity contribution in [1.29, 1.82) is 0 Å².